The predicted octanol–water partition coefficient (Wildman–Crippen LogP) is 1.26. The van der Waals surface area contributed by atoms with Gasteiger partial charge in [-0.15, -0.1) is 0 Å². The van der Waals surface area contributed by atoms with Crippen molar-refractivity contribution in [2.24, 2.45) is 5.73 Å². The van der Waals surface area contributed by atoms with E-state index in [0.717, 1.165) is 32.6 Å². The molecule has 1 aliphatic rings. The van der Waals surface area contributed by atoms with Crippen molar-refractivity contribution in [2.45, 2.75) is 18.9 Å². The minimum absolute atomic E-state index is 0.0564. The molecule has 0 radical (unpaired) electrons. The average Bonchev–Trinajstić information content (AvgIpc) is 2.48. The third-order valence-electron chi connectivity index (χ3n) is 4.74. The van der Waals surface area contributed by atoms with E-state index in [1.54, 1.807) is 0 Å². The standard InChI is InChI=1S/C17H30N4/c1-17(14-18,21-11-9-20(4)10-12-21)13-15-5-7-16(8-6-15)19(2)3/h5-8H,9-14,18H2,1-4H3. The molecule has 1 fully saturated rings. The molecule has 2 rings (SSSR count). The Morgan fingerprint density at radius 1 is 1.10 bits per heavy atom. The van der Waals surface area contributed by atoms with Crippen molar-refractivity contribution in [1.29, 1.82) is 0 Å². The zero-order valence-electron chi connectivity index (χ0n) is 14.0. The smallest absolute Gasteiger partial charge is 0.0361 e. The van der Waals surface area contributed by atoms with Crippen molar-refractivity contribution in [1.82, 2.24) is 9.80 Å². The molecule has 4 nitrogen and oxygen atoms in total. The van der Waals surface area contributed by atoms with E-state index in [2.05, 4.69) is 67.0 Å². The first kappa shape index (κ1) is 16.3. The summed E-state index contributed by atoms with van der Waals surface area (Å²) >= 11 is 0. The summed E-state index contributed by atoms with van der Waals surface area (Å²) in [5.74, 6) is 0. The normalized spacial score (nSPS) is 20.2. The highest BCUT2D eigenvalue weighted by Crippen LogP contribution is 2.23. The monoisotopic (exact) mass is 290 g/mol. The minimum Gasteiger partial charge on any atom is -0.378 e. The molecule has 2 N–H and O–H groups in total. The number of benzene rings is 1. The van der Waals surface area contributed by atoms with Crippen LogP contribution in [-0.2, 0) is 6.42 Å². The van der Waals surface area contributed by atoms with E-state index in [9.17, 15) is 0 Å². The molecule has 0 amide bonds. The fourth-order valence-corrected chi connectivity index (χ4v) is 3.01. The first-order chi connectivity index (χ1) is 9.94. The molecule has 1 atom stereocenters. The molecule has 118 valence electrons. The van der Waals surface area contributed by atoms with Gasteiger partial charge in [0.2, 0.25) is 0 Å². The number of piperazine rings is 1. The summed E-state index contributed by atoms with van der Waals surface area (Å²) in [7, 11) is 6.34. The van der Waals surface area contributed by atoms with Crippen LogP contribution in [0.15, 0.2) is 24.3 Å². The van der Waals surface area contributed by atoms with Crippen molar-refractivity contribution in [3.8, 4) is 0 Å². The molecule has 0 bridgehead atoms. The van der Waals surface area contributed by atoms with Crippen LogP contribution in [0.5, 0.6) is 0 Å². The van der Waals surface area contributed by atoms with Gasteiger partial charge in [-0.05, 0) is 38.1 Å². The molecule has 0 aliphatic carbocycles. The van der Waals surface area contributed by atoms with Gasteiger partial charge in [-0.3, -0.25) is 4.90 Å². The third kappa shape index (κ3) is 3.96. The molecule has 4 heteroatoms. The van der Waals surface area contributed by atoms with Gasteiger partial charge in [-0.2, -0.15) is 0 Å². The van der Waals surface area contributed by atoms with Gasteiger partial charge in [-0.25, -0.2) is 0 Å². The Hall–Kier alpha value is -1.10. The van der Waals surface area contributed by atoms with Crippen LogP contribution in [0.3, 0.4) is 0 Å². The molecule has 1 unspecified atom stereocenters. The fourth-order valence-electron chi connectivity index (χ4n) is 3.01. The predicted molar refractivity (Wildman–Crippen MR) is 91.0 cm³/mol. The van der Waals surface area contributed by atoms with Gasteiger partial charge in [0, 0.05) is 58.0 Å². The maximum absolute atomic E-state index is 6.13. The zero-order chi connectivity index (χ0) is 15.5. The quantitative estimate of drug-likeness (QED) is 0.886. The van der Waals surface area contributed by atoms with Crippen LogP contribution in [0.1, 0.15) is 12.5 Å². The maximum Gasteiger partial charge on any atom is 0.0361 e. The zero-order valence-corrected chi connectivity index (χ0v) is 14.0. The van der Waals surface area contributed by atoms with E-state index in [1.165, 1.54) is 11.3 Å². The van der Waals surface area contributed by atoms with Gasteiger partial charge in [0.05, 0.1) is 0 Å². The second kappa shape index (κ2) is 6.77. The first-order valence-electron chi connectivity index (χ1n) is 7.84. The average molecular weight is 290 g/mol. The molecule has 1 saturated heterocycles. The lowest BCUT2D eigenvalue weighted by molar-refractivity contribution is 0.0560. The van der Waals surface area contributed by atoms with Crippen molar-refractivity contribution in [3.63, 3.8) is 0 Å². The lowest BCUT2D eigenvalue weighted by Gasteiger charge is -2.45. The second-order valence-corrected chi connectivity index (χ2v) is 6.73. The number of hydrogen-bond donors (Lipinski definition) is 1. The van der Waals surface area contributed by atoms with Crippen molar-refractivity contribution >= 4 is 5.69 Å². The highest BCUT2D eigenvalue weighted by Gasteiger charge is 2.32. The van der Waals surface area contributed by atoms with Crippen molar-refractivity contribution < 1.29 is 0 Å². The Morgan fingerprint density at radius 2 is 1.67 bits per heavy atom. The second-order valence-electron chi connectivity index (χ2n) is 6.73. The molecular weight excluding hydrogens is 260 g/mol. The highest BCUT2D eigenvalue weighted by molar-refractivity contribution is 5.46. The summed E-state index contributed by atoms with van der Waals surface area (Å²) in [4.78, 5) is 7.08. The van der Waals surface area contributed by atoms with E-state index in [0.29, 0.717) is 6.54 Å². The highest BCUT2D eigenvalue weighted by atomic mass is 15.3. The summed E-state index contributed by atoms with van der Waals surface area (Å²) in [5.41, 5.74) is 8.80. The van der Waals surface area contributed by atoms with Gasteiger partial charge >= 0.3 is 0 Å². The number of likely N-dealkylation sites (N-methyl/N-ethyl adjacent to an activating group) is 1. The summed E-state index contributed by atoms with van der Waals surface area (Å²) in [5, 5.41) is 0. The van der Waals surface area contributed by atoms with Crippen LogP contribution in [0.2, 0.25) is 0 Å². The summed E-state index contributed by atoms with van der Waals surface area (Å²) < 4.78 is 0. The van der Waals surface area contributed by atoms with E-state index >= 15 is 0 Å². The molecular formula is C17H30N4. The Labute approximate surface area is 129 Å². The molecule has 1 aliphatic heterocycles. The van der Waals surface area contributed by atoms with Crippen LogP contribution in [0.4, 0.5) is 5.69 Å². The van der Waals surface area contributed by atoms with Gasteiger partial charge in [0.1, 0.15) is 0 Å². The summed E-state index contributed by atoms with van der Waals surface area (Å²) in [6.07, 6.45) is 1.01. The number of hydrogen-bond acceptors (Lipinski definition) is 4. The van der Waals surface area contributed by atoms with E-state index in [-0.39, 0.29) is 5.54 Å². The molecule has 1 heterocycles. The van der Waals surface area contributed by atoms with E-state index < -0.39 is 0 Å². The van der Waals surface area contributed by atoms with Crippen LogP contribution >= 0.6 is 0 Å². The minimum atomic E-state index is 0.0564. The fraction of sp³-hybridized carbons (Fsp3) is 0.647. The third-order valence-corrected chi connectivity index (χ3v) is 4.74. The van der Waals surface area contributed by atoms with Gasteiger partial charge in [0.25, 0.3) is 0 Å². The number of nitrogens with zero attached hydrogens (tertiary/aromatic N) is 3. The van der Waals surface area contributed by atoms with Gasteiger partial charge in [-0.1, -0.05) is 12.1 Å². The molecule has 1 aromatic carbocycles. The SMILES string of the molecule is CN1CCN(C(C)(CN)Cc2ccc(N(C)C)cc2)CC1. The molecule has 0 spiro atoms. The summed E-state index contributed by atoms with van der Waals surface area (Å²) in [6.45, 7) is 7.49. The van der Waals surface area contributed by atoms with Crippen LogP contribution in [0, 0.1) is 0 Å². The molecule has 0 saturated carbocycles. The maximum atomic E-state index is 6.13. The molecule has 0 aromatic heterocycles. The van der Waals surface area contributed by atoms with Crippen molar-refractivity contribution in [3.05, 3.63) is 29.8 Å². The van der Waals surface area contributed by atoms with E-state index in [1.807, 2.05) is 0 Å². The first-order valence-corrected chi connectivity index (χ1v) is 7.84. The van der Waals surface area contributed by atoms with Crippen molar-refractivity contribution in [2.75, 3.05) is 58.8 Å². The number of nitrogens with two attached hydrogens (primary N) is 1. The Balaban J connectivity index is 2.06. The summed E-state index contributed by atoms with van der Waals surface area (Å²) in [6, 6.07) is 8.85. The Bertz CT molecular complexity index is 435. The van der Waals surface area contributed by atoms with Crippen LogP contribution in [0.25, 0.3) is 0 Å². The largest absolute Gasteiger partial charge is 0.378 e. The van der Waals surface area contributed by atoms with Crippen LogP contribution < -0.4 is 10.6 Å². The van der Waals surface area contributed by atoms with Gasteiger partial charge < -0.3 is 15.5 Å². The Kier molecular flexibility index (Phi) is 5.25. The molecule has 1 aromatic rings. The number of anilines is 1. The number of rotatable bonds is 5. The lowest BCUT2D eigenvalue weighted by Crippen LogP contribution is -2.59. The van der Waals surface area contributed by atoms with E-state index in [4.69, 9.17) is 5.73 Å². The Morgan fingerprint density at radius 3 is 2.14 bits per heavy atom. The molecule has 21 heavy (non-hydrogen) atoms. The lowest BCUT2D eigenvalue weighted by atomic mass is 9.90. The topological polar surface area (TPSA) is 35.7 Å². The van der Waals surface area contributed by atoms with Crippen LogP contribution in [-0.4, -0.2) is 69.2 Å². The van der Waals surface area contributed by atoms with Gasteiger partial charge in [0.15, 0.2) is 0 Å².